The summed E-state index contributed by atoms with van der Waals surface area (Å²) in [6, 6.07) is 9.49. The third-order valence-corrected chi connectivity index (χ3v) is 4.49. The highest BCUT2D eigenvalue weighted by atomic mass is 16.5. The first-order valence-electron chi connectivity index (χ1n) is 8.24. The van der Waals surface area contributed by atoms with E-state index in [1.807, 2.05) is 24.5 Å². The molecule has 0 aliphatic heterocycles. The molecule has 4 heteroatoms. The summed E-state index contributed by atoms with van der Waals surface area (Å²) in [6.07, 6.45) is 8.86. The summed E-state index contributed by atoms with van der Waals surface area (Å²) in [5, 5.41) is 8.84. The van der Waals surface area contributed by atoms with E-state index in [0.717, 1.165) is 37.9 Å². The Kier molecular flexibility index (Phi) is 4.99. The van der Waals surface area contributed by atoms with Crippen LogP contribution in [0.1, 0.15) is 49.7 Å². The highest BCUT2D eigenvalue weighted by Crippen LogP contribution is 2.33. The number of rotatable bonds is 4. The van der Waals surface area contributed by atoms with Gasteiger partial charge in [-0.1, -0.05) is 0 Å². The average Bonchev–Trinajstić information content (AvgIpc) is 2.63. The Labute approximate surface area is 137 Å². The van der Waals surface area contributed by atoms with Gasteiger partial charge in [0.25, 0.3) is 0 Å². The molecule has 0 saturated heterocycles. The zero-order valence-corrected chi connectivity index (χ0v) is 13.4. The summed E-state index contributed by atoms with van der Waals surface area (Å²) < 4.78 is 5.71. The third kappa shape index (κ3) is 3.75. The van der Waals surface area contributed by atoms with Gasteiger partial charge in [0.15, 0.2) is 5.82 Å². The highest BCUT2D eigenvalue weighted by molar-refractivity contribution is 5.56. The second-order valence-electron chi connectivity index (χ2n) is 5.96. The summed E-state index contributed by atoms with van der Waals surface area (Å²) in [6.45, 7) is 2.86. The number of hydrogen-bond acceptors (Lipinski definition) is 4. The molecule has 118 valence electrons. The molecule has 1 heterocycles. The zero-order valence-electron chi connectivity index (χ0n) is 13.4. The smallest absolute Gasteiger partial charge is 0.159 e. The van der Waals surface area contributed by atoms with Gasteiger partial charge in [-0.05, 0) is 68.4 Å². The lowest BCUT2D eigenvalue weighted by Crippen LogP contribution is -2.20. The van der Waals surface area contributed by atoms with Crippen LogP contribution in [0.15, 0.2) is 36.7 Å². The number of aromatic nitrogens is 2. The summed E-state index contributed by atoms with van der Waals surface area (Å²) in [7, 11) is 0. The Balaban J connectivity index is 1.66. The minimum Gasteiger partial charge on any atom is -0.379 e. The molecule has 1 saturated carbocycles. The number of nitriles is 1. The van der Waals surface area contributed by atoms with Crippen molar-refractivity contribution in [2.24, 2.45) is 0 Å². The lowest BCUT2D eigenvalue weighted by atomic mass is 9.84. The summed E-state index contributed by atoms with van der Waals surface area (Å²) in [4.78, 5) is 9.02. The number of benzene rings is 1. The number of ether oxygens (including phenoxy) is 1. The molecule has 0 N–H and O–H groups in total. The molecule has 0 bridgehead atoms. The van der Waals surface area contributed by atoms with E-state index >= 15 is 0 Å². The lowest BCUT2D eigenvalue weighted by molar-refractivity contribution is 0.0327. The van der Waals surface area contributed by atoms with Gasteiger partial charge in [0.2, 0.25) is 0 Å². The van der Waals surface area contributed by atoms with E-state index < -0.39 is 0 Å². The third-order valence-electron chi connectivity index (χ3n) is 4.49. The maximum atomic E-state index is 8.84. The minimum atomic E-state index is 0.426. The SMILES string of the molecule is CCOC1CCC(c2cnc(-c3ccc(C#N)cc3)nc2)CC1. The van der Waals surface area contributed by atoms with E-state index in [2.05, 4.69) is 23.0 Å². The van der Waals surface area contributed by atoms with Crippen molar-refractivity contribution in [1.82, 2.24) is 9.97 Å². The van der Waals surface area contributed by atoms with Crippen LogP contribution in [0.4, 0.5) is 0 Å². The highest BCUT2D eigenvalue weighted by Gasteiger charge is 2.23. The Hall–Kier alpha value is -2.25. The van der Waals surface area contributed by atoms with E-state index in [0.29, 0.717) is 23.4 Å². The van der Waals surface area contributed by atoms with Crippen LogP contribution >= 0.6 is 0 Å². The van der Waals surface area contributed by atoms with Gasteiger partial charge in [0.1, 0.15) is 0 Å². The minimum absolute atomic E-state index is 0.426. The number of nitrogens with zero attached hydrogens (tertiary/aromatic N) is 3. The molecule has 0 unspecified atom stereocenters. The molecule has 0 amide bonds. The van der Waals surface area contributed by atoms with Crippen LogP contribution in [0, 0.1) is 11.3 Å². The fraction of sp³-hybridized carbons (Fsp3) is 0.421. The van der Waals surface area contributed by atoms with E-state index in [1.165, 1.54) is 5.56 Å². The summed E-state index contributed by atoms with van der Waals surface area (Å²) >= 11 is 0. The van der Waals surface area contributed by atoms with Crippen molar-refractivity contribution in [2.45, 2.75) is 44.6 Å². The van der Waals surface area contributed by atoms with Gasteiger partial charge in [-0.3, -0.25) is 0 Å². The van der Waals surface area contributed by atoms with Crippen LogP contribution in [0.3, 0.4) is 0 Å². The van der Waals surface area contributed by atoms with Crippen molar-refractivity contribution < 1.29 is 4.74 Å². The van der Waals surface area contributed by atoms with Crippen molar-refractivity contribution in [3.63, 3.8) is 0 Å². The van der Waals surface area contributed by atoms with Crippen LogP contribution in [0.25, 0.3) is 11.4 Å². The van der Waals surface area contributed by atoms with Gasteiger partial charge in [0, 0.05) is 24.6 Å². The van der Waals surface area contributed by atoms with E-state index in [9.17, 15) is 0 Å². The average molecular weight is 307 g/mol. The lowest BCUT2D eigenvalue weighted by Gasteiger charge is -2.28. The molecule has 3 rings (SSSR count). The van der Waals surface area contributed by atoms with Crippen molar-refractivity contribution >= 4 is 0 Å². The molecule has 1 aliphatic carbocycles. The molecular formula is C19H21N3O. The topological polar surface area (TPSA) is 58.8 Å². The van der Waals surface area contributed by atoms with Crippen molar-refractivity contribution in [2.75, 3.05) is 6.61 Å². The van der Waals surface area contributed by atoms with Gasteiger partial charge in [-0.25, -0.2) is 9.97 Å². The quantitative estimate of drug-likeness (QED) is 0.854. The van der Waals surface area contributed by atoms with Crippen molar-refractivity contribution in [3.8, 4) is 17.5 Å². The van der Waals surface area contributed by atoms with Gasteiger partial charge in [-0.2, -0.15) is 5.26 Å². The van der Waals surface area contributed by atoms with Crippen molar-refractivity contribution in [3.05, 3.63) is 47.8 Å². The maximum absolute atomic E-state index is 8.84. The molecule has 0 atom stereocenters. The largest absolute Gasteiger partial charge is 0.379 e. The van der Waals surface area contributed by atoms with Gasteiger partial charge in [-0.15, -0.1) is 0 Å². The second kappa shape index (κ2) is 7.34. The molecule has 1 aromatic heterocycles. The van der Waals surface area contributed by atoms with Crippen LogP contribution in [0.5, 0.6) is 0 Å². The molecule has 1 aromatic carbocycles. The zero-order chi connectivity index (χ0) is 16.1. The molecule has 4 nitrogen and oxygen atoms in total. The Morgan fingerprint density at radius 2 is 1.74 bits per heavy atom. The summed E-state index contributed by atoms with van der Waals surface area (Å²) in [5.41, 5.74) is 2.81. The first kappa shape index (κ1) is 15.6. The van der Waals surface area contributed by atoms with Crippen LogP contribution in [-0.4, -0.2) is 22.7 Å². The van der Waals surface area contributed by atoms with Crippen LogP contribution < -0.4 is 0 Å². The van der Waals surface area contributed by atoms with E-state index in [-0.39, 0.29) is 0 Å². The van der Waals surface area contributed by atoms with E-state index in [1.54, 1.807) is 12.1 Å². The predicted molar refractivity (Wildman–Crippen MR) is 88.8 cm³/mol. The number of hydrogen-bond donors (Lipinski definition) is 0. The van der Waals surface area contributed by atoms with Crippen LogP contribution in [0.2, 0.25) is 0 Å². The normalized spacial score (nSPS) is 20.9. The van der Waals surface area contributed by atoms with E-state index in [4.69, 9.17) is 10.00 Å². The van der Waals surface area contributed by atoms with Gasteiger partial charge >= 0.3 is 0 Å². The summed E-state index contributed by atoms with van der Waals surface area (Å²) in [5.74, 6) is 1.25. The fourth-order valence-electron chi connectivity index (χ4n) is 3.19. The van der Waals surface area contributed by atoms with Gasteiger partial charge < -0.3 is 4.74 Å². The maximum Gasteiger partial charge on any atom is 0.159 e. The molecule has 23 heavy (non-hydrogen) atoms. The Morgan fingerprint density at radius 1 is 1.09 bits per heavy atom. The first-order chi connectivity index (χ1) is 11.3. The van der Waals surface area contributed by atoms with Gasteiger partial charge in [0.05, 0.1) is 17.7 Å². The molecular weight excluding hydrogens is 286 g/mol. The standard InChI is InChI=1S/C19H21N3O/c1-2-23-18-9-7-15(8-10-18)17-12-21-19(22-13-17)16-5-3-14(11-20)4-6-16/h3-6,12-13,15,18H,2,7-10H2,1H3. The Bertz CT molecular complexity index is 665. The fourth-order valence-corrected chi connectivity index (χ4v) is 3.19. The van der Waals surface area contributed by atoms with Crippen molar-refractivity contribution in [1.29, 1.82) is 5.26 Å². The molecule has 1 fully saturated rings. The predicted octanol–water partition coefficient (Wildman–Crippen LogP) is 4.08. The molecule has 1 aliphatic rings. The molecule has 2 aromatic rings. The first-order valence-corrected chi connectivity index (χ1v) is 8.24. The second-order valence-corrected chi connectivity index (χ2v) is 5.96. The molecule has 0 radical (unpaired) electrons. The van der Waals surface area contributed by atoms with Crippen LogP contribution in [-0.2, 0) is 4.74 Å². The Morgan fingerprint density at radius 3 is 2.30 bits per heavy atom. The molecule has 0 spiro atoms. The monoisotopic (exact) mass is 307 g/mol.